The third-order valence-corrected chi connectivity index (χ3v) is 3.57. The first-order valence-electron chi connectivity index (χ1n) is 5.01. The second kappa shape index (κ2) is 84.6. The molecule has 0 saturated carbocycles. The maximum Gasteiger partial charge on any atom is 0.118 e. The van der Waals surface area contributed by atoms with Crippen LogP contribution < -0.4 is 10.2 Å². The third-order valence-electron chi connectivity index (χ3n) is 0.897. The second-order valence-corrected chi connectivity index (χ2v) is 4.94. The van der Waals surface area contributed by atoms with E-state index in [1.54, 1.807) is 0 Å². The molecule has 0 bridgehead atoms. The molecule has 0 fully saturated rings. The largest absolute Gasteiger partial charge is 0.549 e. The monoisotopic (exact) mass is 616 g/mol. The smallest absolute Gasteiger partial charge is 0.118 e. The Morgan fingerprint density at radius 3 is 1.26 bits per heavy atom. The minimum Gasteiger partial charge on any atom is -0.549 e. The number of rotatable bonds is 7. The zero-order valence-corrected chi connectivity index (χ0v) is 20.1. The molecule has 27 heavy (non-hydrogen) atoms. The molecule has 0 rings (SSSR count). The molecule has 1 atom stereocenters. The van der Waals surface area contributed by atoms with Gasteiger partial charge < -0.3 is 48.6 Å². The number of carboxylic acids is 2. The summed E-state index contributed by atoms with van der Waals surface area (Å²) < 4.78 is -1.07. The van der Waals surface area contributed by atoms with Crippen molar-refractivity contribution >= 4 is 87.8 Å². The Morgan fingerprint density at radius 2 is 1.04 bits per heavy atom. The van der Waals surface area contributed by atoms with Crippen molar-refractivity contribution in [2.24, 2.45) is 0 Å². The van der Waals surface area contributed by atoms with E-state index in [-0.39, 0.29) is 46.0 Å². The summed E-state index contributed by atoms with van der Waals surface area (Å²) in [4.78, 5) is 68.0. The fourth-order valence-corrected chi connectivity index (χ4v) is 2.21. The molecule has 0 N–H and O–H groups in total. The van der Waals surface area contributed by atoms with E-state index in [2.05, 4.69) is 0 Å². The van der Waals surface area contributed by atoms with Crippen LogP contribution in [-0.4, -0.2) is 74.6 Å². The number of thioether (sulfide) groups is 2. The molecule has 0 unspecified atom stereocenters. The minimum atomic E-state index is -1.32. The summed E-state index contributed by atoms with van der Waals surface area (Å²) in [5.41, 5.74) is 0. The first-order chi connectivity index (χ1) is 12.0. The predicted octanol–water partition coefficient (Wildman–Crippen LogP) is -2.60. The Morgan fingerprint density at radius 1 is 0.741 bits per heavy atom. The van der Waals surface area contributed by atoms with Crippen LogP contribution >= 0.6 is 35.1 Å². The van der Waals surface area contributed by atoms with Gasteiger partial charge in [-0.05, 0) is 0 Å². The van der Waals surface area contributed by atoms with Crippen LogP contribution in [0.25, 0.3) is 0 Å². The van der Waals surface area contributed by atoms with Gasteiger partial charge in [0.1, 0.15) is 45.4 Å². The molecule has 0 aromatic heterocycles. The van der Waals surface area contributed by atoms with Gasteiger partial charge in [0.25, 0.3) is 0 Å². The maximum absolute atomic E-state index is 10.1. The van der Waals surface area contributed by atoms with Gasteiger partial charge in [0, 0.05) is 57.5 Å². The molecule has 15 heteroatoms. The molecule has 162 valence electrons. The summed E-state index contributed by atoms with van der Waals surface area (Å²) in [5.74, 6) is -1.54. The van der Waals surface area contributed by atoms with Crippen molar-refractivity contribution in [1.82, 2.24) is 0 Å². The normalized spacial score (nSPS) is 6.85. The molecule has 0 spiro atoms. The summed E-state index contributed by atoms with van der Waals surface area (Å²) in [6.07, 6.45) is 0. The first kappa shape index (κ1) is 56.2. The van der Waals surface area contributed by atoms with Gasteiger partial charge in [-0.3, -0.25) is 0 Å². The van der Waals surface area contributed by atoms with Crippen LogP contribution in [-0.2, 0) is 78.6 Å². The number of halogens is 1. The average molecular weight is 619 g/mol. The molecule has 0 aromatic rings. The van der Waals surface area contributed by atoms with Crippen molar-refractivity contribution < 1.29 is 88.8 Å². The van der Waals surface area contributed by atoms with Crippen molar-refractivity contribution in [2.75, 3.05) is 17.3 Å². The molecule has 2 radical (unpaired) electrons. The number of aliphatic carboxylic acids is 2. The van der Waals surface area contributed by atoms with Crippen molar-refractivity contribution in [2.45, 2.75) is 4.71 Å². The molecular weight excluding hydrogens is 600 g/mol. The van der Waals surface area contributed by atoms with E-state index in [0.29, 0.717) is 11.5 Å². The van der Waals surface area contributed by atoms with E-state index in [1.165, 1.54) is 0 Å². The molecule has 10 nitrogen and oxygen atoms in total. The SMILES string of the molecule is C=O.C=O.C=O.C=O.C=O.C=O.O=C([O-])CSCCS[C@@H](Cl)C(=O)[O-].[Tc].[Tc]. The summed E-state index contributed by atoms with van der Waals surface area (Å²) in [7, 11) is 0. The molecule has 0 aliphatic rings. The Labute approximate surface area is 197 Å². The number of alkyl halides is 1. The van der Waals surface area contributed by atoms with Gasteiger partial charge in [0.2, 0.25) is 0 Å². The molecule has 0 amide bonds. The van der Waals surface area contributed by atoms with Crippen LogP contribution in [0.3, 0.4) is 0 Å². The Bertz CT molecular complexity index is 269. The van der Waals surface area contributed by atoms with E-state index in [1.807, 2.05) is 40.7 Å². The summed E-state index contributed by atoms with van der Waals surface area (Å²) in [6, 6.07) is 0. The number of hydrogen-bond donors (Lipinski definition) is 0. The molecule has 0 heterocycles. The number of carbonyl (C=O) groups excluding carboxylic acids is 8. The summed E-state index contributed by atoms with van der Waals surface area (Å²) >= 11 is 7.49. The molecule has 0 aromatic carbocycles. The van der Waals surface area contributed by atoms with Crippen LogP contribution in [0.1, 0.15) is 0 Å². The second-order valence-electron chi connectivity index (χ2n) is 1.93. The van der Waals surface area contributed by atoms with Gasteiger partial charge in [-0.1, -0.05) is 0 Å². The number of hydrogen-bond acceptors (Lipinski definition) is 12. The van der Waals surface area contributed by atoms with E-state index < -0.39 is 16.6 Å². The Balaban J connectivity index is -0.0000000282. The summed E-state index contributed by atoms with van der Waals surface area (Å²) in [6.45, 7) is 12.0. The van der Waals surface area contributed by atoms with Crippen LogP contribution in [0.4, 0.5) is 0 Å². The standard InChI is InChI=1S/C6H9ClO4S2.6CH2O.2Tc/c7-5(6(10)11)13-2-1-12-3-4(8)9;6*1-2;;/h5H,1-3H2,(H,8,9)(H,10,11);6*1H2;;/p-2/t5-;;;;;;;;/m1......../s1. The molecule has 0 saturated heterocycles. The first-order valence-corrected chi connectivity index (χ1v) is 7.65. The van der Waals surface area contributed by atoms with E-state index in [0.717, 1.165) is 23.5 Å². The Hall–Kier alpha value is -0.751. The zero-order chi connectivity index (χ0) is 22.3. The van der Waals surface area contributed by atoms with E-state index in [4.69, 9.17) is 40.4 Å². The van der Waals surface area contributed by atoms with Crippen molar-refractivity contribution in [1.29, 1.82) is 0 Å². The van der Waals surface area contributed by atoms with Crippen LogP contribution in [0.15, 0.2) is 0 Å². The minimum absolute atomic E-state index is 0. The fourth-order valence-electron chi connectivity index (χ4n) is 0.434. The van der Waals surface area contributed by atoms with Crippen molar-refractivity contribution in [3.63, 3.8) is 0 Å². The predicted molar refractivity (Wildman–Crippen MR) is 92.2 cm³/mol. The van der Waals surface area contributed by atoms with E-state index >= 15 is 0 Å². The van der Waals surface area contributed by atoms with Gasteiger partial charge in [-0.2, -0.15) is 11.8 Å². The summed E-state index contributed by atoms with van der Waals surface area (Å²) in [5, 5.41) is 20.0. The van der Waals surface area contributed by atoms with Gasteiger partial charge in [-0.15, -0.1) is 23.4 Å². The van der Waals surface area contributed by atoms with Crippen LogP contribution in [0.2, 0.25) is 0 Å². The van der Waals surface area contributed by atoms with Gasteiger partial charge in [-0.25, -0.2) is 0 Å². The third kappa shape index (κ3) is 108. The molecule has 0 aliphatic heterocycles. The van der Waals surface area contributed by atoms with Crippen molar-refractivity contribution in [3.8, 4) is 0 Å². The zero-order valence-electron chi connectivity index (χ0n) is 14.0. The van der Waals surface area contributed by atoms with Crippen molar-refractivity contribution in [3.05, 3.63) is 0 Å². The van der Waals surface area contributed by atoms with Gasteiger partial charge in [0.05, 0.1) is 11.9 Å². The van der Waals surface area contributed by atoms with Crippen LogP contribution in [0, 0.1) is 0 Å². The van der Waals surface area contributed by atoms with E-state index in [9.17, 15) is 19.8 Å². The van der Waals surface area contributed by atoms with Gasteiger partial charge >= 0.3 is 0 Å². The molecule has 0 aliphatic carbocycles. The number of carbonyl (C=O) groups is 8. The molecular formula is C12H19ClO10S2Tc2-2. The Kier molecular flexibility index (Phi) is 176. The topological polar surface area (TPSA) is 183 Å². The quantitative estimate of drug-likeness (QED) is 0.215. The maximum atomic E-state index is 10.1. The van der Waals surface area contributed by atoms with Gasteiger partial charge in [0.15, 0.2) is 0 Å². The fraction of sp³-hybridized carbons (Fsp3) is 0.333. The number of carboxylic acid groups (broad SMARTS) is 2. The van der Waals surface area contributed by atoms with Crippen LogP contribution in [0.5, 0.6) is 0 Å². The average Bonchev–Trinajstić information content (AvgIpc) is 2.70.